The number of ether oxygens (including phenoxy) is 2. The molecule has 10 heteroatoms. The molecule has 152 valence electrons. The van der Waals surface area contributed by atoms with Crippen LogP contribution in [0.4, 0.5) is 10.5 Å². The number of piperidine rings is 1. The molecule has 1 fully saturated rings. The van der Waals surface area contributed by atoms with Gasteiger partial charge in [0.25, 0.3) is 0 Å². The summed E-state index contributed by atoms with van der Waals surface area (Å²) in [7, 11) is -1.63. The second-order valence-electron chi connectivity index (χ2n) is 6.35. The van der Waals surface area contributed by atoms with Crippen molar-refractivity contribution in [1.82, 2.24) is 14.6 Å². The molecule has 9 nitrogen and oxygen atoms in total. The molecular weight excluding hydrogens is 372 g/mol. The van der Waals surface area contributed by atoms with Gasteiger partial charge in [-0.15, -0.1) is 0 Å². The highest BCUT2D eigenvalue weighted by atomic mass is 32.2. The van der Waals surface area contributed by atoms with E-state index in [0.717, 1.165) is 0 Å². The maximum Gasteiger partial charge on any atom is 0.321 e. The number of likely N-dealkylation sites (tertiary alicyclic amines) is 1. The first-order valence-corrected chi connectivity index (χ1v) is 10.7. The molecule has 0 saturated carbocycles. The first-order valence-electron chi connectivity index (χ1n) is 9.07. The Balaban J connectivity index is 1.77. The predicted molar refractivity (Wildman–Crippen MR) is 102 cm³/mol. The van der Waals surface area contributed by atoms with Gasteiger partial charge in [-0.25, -0.2) is 22.9 Å². The second-order valence-corrected chi connectivity index (χ2v) is 8.23. The summed E-state index contributed by atoms with van der Waals surface area (Å²) < 4.78 is 36.7. The Labute approximate surface area is 160 Å². The predicted octanol–water partition coefficient (Wildman–Crippen LogP) is 1.43. The number of hydrogen-bond acceptors (Lipinski definition) is 6. The van der Waals surface area contributed by atoms with Gasteiger partial charge < -0.3 is 19.7 Å². The van der Waals surface area contributed by atoms with Crippen LogP contribution in [0.1, 0.15) is 26.2 Å². The number of anilines is 1. The second kappa shape index (κ2) is 10.4. The molecule has 0 aliphatic carbocycles. The standard InChI is InChI=1S/C17H28N4O5S/c1-3-12-27(23,24)20-14-6-8-21(9-7-14)17(22)19-15-4-5-16(18-13-15)26-11-10-25-2/h4-5,13-14,20H,3,6-12H2,1-2H3,(H,19,22). The van der Waals surface area contributed by atoms with Gasteiger partial charge >= 0.3 is 6.03 Å². The summed E-state index contributed by atoms with van der Waals surface area (Å²) >= 11 is 0. The van der Waals surface area contributed by atoms with Crippen molar-refractivity contribution < 1.29 is 22.7 Å². The molecule has 1 aliphatic rings. The van der Waals surface area contributed by atoms with Crippen molar-refractivity contribution in [2.24, 2.45) is 0 Å². The number of carbonyl (C=O) groups excluding carboxylic acids is 1. The Bertz CT molecular complexity index is 688. The topological polar surface area (TPSA) is 110 Å². The molecule has 2 amide bonds. The lowest BCUT2D eigenvalue weighted by Gasteiger charge is -2.32. The molecule has 1 aromatic rings. The van der Waals surface area contributed by atoms with Crippen LogP contribution in [-0.4, -0.2) is 69.5 Å². The molecule has 1 saturated heterocycles. The molecule has 0 unspecified atom stereocenters. The van der Waals surface area contributed by atoms with Crippen molar-refractivity contribution >= 4 is 21.7 Å². The highest BCUT2D eigenvalue weighted by Gasteiger charge is 2.25. The Morgan fingerprint density at radius 1 is 1.30 bits per heavy atom. The van der Waals surface area contributed by atoms with Gasteiger partial charge in [0, 0.05) is 32.3 Å². The molecule has 0 aromatic carbocycles. The smallest absolute Gasteiger partial charge is 0.321 e. The zero-order valence-electron chi connectivity index (χ0n) is 15.8. The third-order valence-electron chi connectivity index (χ3n) is 4.13. The molecule has 0 bridgehead atoms. The van der Waals surface area contributed by atoms with Gasteiger partial charge in [0.1, 0.15) is 6.61 Å². The Kier molecular flexibility index (Phi) is 8.26. The summed E-state index contributed by atoms with van der Waals surface area (Å²) in [5.74, 6) is 0.594. The van der Waals surface area contributed by atoms with Crippen LogP contribution in [0.5, 0.6) is 5.88 Å². The molecule has 1 aromatic heterocycles. The zero-order chi connectivity index (χ0) is 19.7. The minimum Gasteiger partial charge on any atom is -0.475 e. The summed E-state index contributed by atoms with van der Waals surface area (Å²) in [6.07, 6.45) is 3.31. The molecule has 2 N–H and O–H groups in total. The molecule has 2 heterocycles. The summed E-state index contributed by atoms with van der Waals surface area (Å²) in [6.45, 7) is 3.71. The maximum absolute atomic E-state index is 12.4. The largest absolute Gasteiger partial charge is 0.475 e. The number of nitrogens with zero attached hydrogens (tertiary/aromatic N) is 2. The van der Waals surface area contributed by atoms with Crippen LogP contribution < -0.4 is 14.8 Å². The molecule has 2 rings (SSSR count). The lowest BCUT2D eigenvalue weighted by Crippen LogP contribution is -2.48. The maximum atomic E-state index is 12.4. The van der Waals surface area contributed by atoms with E-state index >= 15 is 0 Å². The number of rotatable bonds is 9. The summed E-state index contributed by atoms with van der Waals surface area (Å²) in [5.41, 5.74) is 0.574. The fourth-order valence-corrected chi connectivity index (χ4v) is 4.15. The van der Waals surface area contributed by atoms with E-state index < -0.39 is 10.0 Å². The van der Waals surface area contributed by atoms with E-state index in [1.807, 2.05) is 6.92 Å². The number of pyridine rings is 1. The van der Waals surface area contributed by atoms with Crippen LogP contribution in [-0.2, 0) is 14.8 Å². The van der Waals surface area contributed by atoms with Crippen molar-refractivity contribution in [1.29, 1.82) is 0 Å². The van der Waals surface area contributed by atoms with Crippen LogP contribution >= 0.6 is 0 Å². The Morgan fingerprint density at radius 2 is 2.04 bits per heavy atom. The first-order chi connectivity index (χ1) is 12.9. The van der Waals surface area contributed by atoms with Crippen LogP contribution in [0.25, 0.3) is 0 Å². The van der Waals surface area contributed by atoms with Gasteiger partial charge in [0.15, 0.2) is 0 Å². The number of carbonyl (C=O) groups is 1. The van der Waals surface area contributed by atoms with Gasteiger partial charge in [0.05, 0.1) is 24.2 Å². The average molecular weight is 401 g/mol. The van der Waals surface area contributed by atoms with Crippen LogP contribution in [0.15, 0.2) is 18.3 Å². The number of hydrogen-bond donors (Lipinski definition) is 2. The lowest BCUT2D eigenvalue weighted by atomic mass is 10.1. The number of sulfonamides is 1. The highest BCUT2D eigenvalue weighted by molar-refractivity contribution is 7.89. The number of urea groups is 1. The molecular formula is C17H28N4O5S. The molecule has 27 heavy (non-hydrogen) atoms. The SMILES string of the molecule is CCCS(=O)(=O)NC1CCN(C(=O)Nc2ccc(OCCOC)nc2)CC1. The van der Waals surface area contributed by atoms with Gasteiger partial charge in [-0.3, -0.25) is 0 Å². The number of nitrogens with one attached hydrogen (secondary N) is 2. The Morgan fingerprint density at radius 3 is 2.63 bits per heavy atom. The van der Waals surface area contributed by atoms with Crippen LogP contribution in [0.2, 0.25) is 0 Å². The molecule has 0 atom stereocenters. The third-order valence-corrected chi connectivity index (χ3v) is 5.76. The summed E-state index contributed by atoms with van der Waals surface area (Å²) in [5, 5.41) is 2.80. The van der Waals surface area contributed by atoms with Gasteiger partial charge in [-0.2, -0.15) is 0 Å². The van der Waals surface area contributed by atoms with Crippen LogP contribution in [0, 0.1) is 0 Å². The van der Waals surface area contributed by atoms with E-state index in [9.17, 15) is 13.2 Å². The highest BCUT2D eigenvalue weighted by Crippen LogP contribution is 2.15. The quantitative estimate of drug-likeness (QED) is 0.607. The van der Waals surface area contributed by atoms with Gasteiger partial charge in [0.2, 0.25) is 15.9 Å². The number of amides is 2. The van der Waals surface area contributed by atoms with Crippen molar-refractivity contribution in [3.05, 3.63) is 18.3 Å². The Hall–Kier alpha value is -1.91. The summed E-state index contributed by atoms with van der Waals surface area (Å²) in [6, 6.07) is 3.06. The number of methoxy groups -OCH3 is 1. The fraction of sp³-hybridized carbons (Fsp3) is 0.647. The minimum atomic E-state index is -3.23. The third kappa shape index (κ3) is 7.31. The monoisotopic (exact) mass is 400 g/mol. The average Bonchev–Trinajstić information content (AvgIpc) is 2.63. The molecule has 1 aliphatic heterocycles. The van der Waals surface area contributed by atoms with E-state index in [1.54, 1.807) is 24.1 Å². The van der Waals surface area contributed by atoms with Crippen molar-refractivity contribution in [2.75, 3.05) is 44.5 Å². The fourth-order valence-electron chi connectivity index (χ4n) is 2.75. The van der Waals surface area contributed by atoms with E-state index in [-0.39, 0.29) is 17.8 Å². The van der Waals surface area contributed by atoms with E-state index in [2.05, 4.69) is 15.0 Å². The molecule has 0 spiro atoms. The summed E-state index contributed by atoms with van der Waals surface area (Å²) in [4.78, 5) is 18.2. The zero-order valence-corrected chi connectivity index (χ0v) is 16.6. The normalized spacial score (nSPS) is 15.6. The van der Waals surface area contributed by atoms with E-state index in [0.29, 0.717) is 57.1 Å². The molecule has 0 radical (unpaired) electrons. The van der Waals surface area contributed by atoms with Gasteiger partial charge in [-0.05, 0) is 25.3 Å². The van der Waals surface area contributed by atoms with Crippen molar-refractivity contribution in [3.63, 3.8) is 0 Å². The van der Waals surface area contributed by atoms with Gasteiger partial charge in [-0.1, -0.05) is 6.92 Å². The van der Waals surface area contributed by atoms with E-state index in [4.69, 9.17) is 9.47 Å². The van der Waals surface area contributed by atoms with Crippen LogP contribution in [0.3, 0.4) is 0 Å². The minimum absolute atomic E-state index is 0.115. The van der Waals surface area contributed by atoms with Crippen molar-refractivity contribution in [3.8, 4) is 5.88 Å². The van der Waals surface area contributed by atoms with E-state index in [1.165, 1.54) is 6.20 Å². The lowest BCUT2D eigenvalue weighted by molar-refractivity contribution is 0.144. The van der Waals surface area contributed by atoms with Crippen molar-refractivity contribution in [2.45, 2.75) is 32.2 Å². The number of aromatic nitrogens is 1. The first kappa shape index (κ1) is 21.4.